The molecule has 2 aromatic rings. The lowest BCUT2D eigenvalue weighted by molar-refractivity contribution is 0.0479. The van der Waals surface area contributed by atoms with Crippen molar-refractivity contribution < 1.29 is 5.11 Å². The average Bonchev–Trinajstić information content (AvgIpc) is 2.55. The van der Waals surface area contributed by atoms with Crippen LogP contribution < -0.4 is 5.32 Å². The number of hydrogen-bond acceptors (Lipinski definition) is 2. The molecular formula is C20H27NO. The van der Waals surface area contributed by atoms with Crippen molar-refractivity contribution in [1.29, 1.82) is 0 Å². The second-order valence-corrected chi connectivity index (χ2v) is 6.20. The maximum atomic E-state index is 11.0. The summed E-state index contributed by atoms with van der Waals surface area (Å²) in [5.74, 6) is 0. The summed E-state index contributed by atoms with van der Waals surface area (Å²) in [5.41, 5.74) is 2.41. The minimum absolute atomic E-state index is 0.486. The summed E-state index contributed by atoms with van der Waals surface area (Å²) in [6, 6.07) is 18.9. The highest BCUT2D eigenvalue weighted by atomic mass is 16.3. The van der Waals surface area contributed by atoms with E-state index in [2.05, 4.69) is 37.4 Å². The Kier molecular flexibility index (Phi) is 5.76. The van der Waals surface area contributed by atoms with Crippen LogP contribution >= 0.6 is 0 Å². The third-order valence-electron chi connectivity index (χ3n) is 4.31. The lowest BCUT2D eigenvalue weighted by atomic mass is 9.86. The fourth-order valence-electron chi connectivity index (χ4n) is 2.66. The van der Waals surface area contributed by atoms with Crippen molar-refractivity contribution in [2.75, 3.05) is 6.54 Å². The molecule has 0 radical (unpaired) electrons. The van der Waals surface area contributed by atoms with Crippen molar-refractivity contribution in [2.24, 2.45) is 0 Å². The highest BCUT2D eigenvalue weighted by molar-refractivity contribution is 5.68. The molecule has 0 fully saturated rings. The van der Waals surface area contributed by atoms with E-state index < -0.39 is 5.60 Å². The van der Waals surface area contributed by atoms with Crippen molar-refractivity contribution in [3.63, 3.8) is 0 Å². The van der Waals surface area contributed by atoms with Gasteiger partial charge in [-0.2, -0.15) is 0 Å². The van der Waals surface area contributed by atoms with Gasteiger partial charge >= 0.3 is 0 Å². The lowest BCUT2D eigenvalue weighted by Crippen LogP contribution is -2.32. The van der Waals surface area contributed by atoms with E-state index in [0.29, 0.717) is 12.5 Å². The zero-order chi connectivity index (χ0) is 16.0. The maximum absolute atomic E-state index is 11.0. The predicted molar refractivity (Wildman–Crippen MR) is 93.8 cm³/mol. The summed E-state index contributed by atoms with van der Waals surface area (Å²) in [4.78, 5) is 0. The van der Waals surface area contributed by atoms with Crippen molar-refractivity contribution in [3.8, 4) is 11.1 Å². The monoisotopic (exact) mass is 297 g/mol. The number of hydrogen-bond donors (Lipinski definition) is 2. The van der Waals surface area contributed by atoms with Gasteiger partial charge in [0.2, 0.25) is 0 Å². The van der Waals surface area contributed by atoms with Crippen molar-refractivity contribution in [1.82, 2.24) is 5.32 Å². The van der Waals surface area contributed by atoms with Crippen molar-refractivity contribution >= 4 is 0 Å². The third kappa shape index (κ3) is 4.19. The number of benzene rings is 2. The Labute approximate surface area is 134 Å². The van der Waals surface area contributed by atoms with Crippen LogP contribution in [-0.2, 0) is 5.60 Å². The summed E-state index contributed by atoms with van der Waals surface area (Å²) < 4.78 is 0. The molecule has 2 aromatic carbocycles. The summed E-state index contributed by atoms with van der Waals surface area (Å²) >= 11 is 0. The molecule has 0 saturated carbocycles. The largest absolute Gasteiger partial charge is 0.385 e. The van der Waals surface area contributed by atoms with E-state index in [0.717, 1.165) is 29.7 Å². The van der Waals surface area contributed by atoms with Gasteiger partial charge in [-0.1, -0.05) is 61.5 Å². The molecule has 0 spiro atoms. The standard InChI is InChI=1S/C20H27NO/c1-4-16(2)21-15-14-20(3,22)19-13-9-8-12-18(19)17-10-6-5-7-11-17/h5-13,16,21-22H,4,14-15H2,1-3H3. The van der Waals surface area contributed by atoms with Crippen molar-refractivity contribution in [3.05, 3.63) is 60.2 Å². The van der Waals surface area contributed by atoms with Gasteiger partial charge in [-0.15, -0.1) is 0 Å². The second kappa shape index (κ2) is 7.57. The molecule has 0 aliphatic heterocycles. The van der Waals surface area contributed by atoms with Crippen LogP contribution in [0.3, 0.4) is 0 Å². The first-order chi connectivity index (χ1) is 10.5. The minimum atomic E-state index is -0.840. The Morgan fingerprint density at radius 1 is 1.05 bits per heavy atom. The highest BCUT2D eigenvalue weighted by Crippen LogP contribution is 2.33. The SMILES string of the molecule is CCC(C)NCCC(C)(O)c1ccccc1-c1ccccc1. The molecule has 2 rings (SSSR count). The Hall–Kier alpha value is -1.64. The molecule has 0 bridgehead atoms. The molecule has 0 amide bonds. The number of aliphatic hydroxyl groups is 1. The molecule has 0 aromatic heterocycles. The van der Waals surface area contributed by atoms with Gasteiger partial charge in [-0.25, -0.2) is 0 Å². The van der Waals surface area contributed by atoms with E-state index in [4.69, 9.17) is 0 Å². The molecule has 0 aliphatic carbocycles. The summed E-state index contributed by atoms with van der Waals surface area (Å²) in [6.45, 7) is 7.06. The molecule has 2 atom stereocenters. The van der Waals surface area contributed by atoms with Crippen LogP contribution in [0.4, 0.5) is 0 Å². The van der Waals surface area contributed by atoms with Gasteiger partial charge in [-0.3, -0.25) is 0 Å². The first-order valence-electron chi connectivity index (χ1n) is 8.15. The van der Waals surface area contributed by atoms with E-state index in [1.54, 1.807) is 0 Å². The predicted octanol–water partition coefficient (Wildman–Crippen LogP) is 4.34. The van der Waals surface area contributed by atoms with Crippen LogP contribution in [0.15, 0.2) is 54.6 Å². The van der Waals surface area contributed by atoms with Gasteiger partial charge in [-0.05, 0) is 49.9 Å². The fourth-order valence-corrected chi connectivity index (χ4v) is 2.66. The van der Waals surface area contributed by atoms with Crippen LogP contribution in [0, 0.1) is 0 Å². The van der Waals surface area contributed by atoms with E-state index in [1.807, 2.05) is 43.3 Å². The molecular weight excluding hydrogens is 270 g/mol. The van der Waals surface area contributed by atoms with E-state index in [1.165, 1.54) is 0 Å². The second-order valence-electron chi connectivity index (χ2n) is 6.20. The zero-order valence-corrected chi connectivity index (χ0v) is 13.8. The Balaban J connectivity index is 2.20. The first kappa shape index (κ1) is 16.7. The summed E-state index contributed by atoms with van der Waals surface area (Å²) in [6.07, 6.45) is 1.80. The molecule has 2 heteroatoms. The van der Waals surface area contributed by atoms with Crippen LogP contribution in [0.5, 0.6) is 0 Å². The zero-order valence-electron chi connectivity index (χ0n) is 13.8. The minimum Gasteiger partial charge on any atom is -0.385 e. The van der Waals surface area contributed by atoms with Gasteiger partial charge in [0.25, 0.3) is 0 Å². The smallest absolute Gasteiger partial charge is 0.0886 e. The van der Waals surface area contributed by atoms with Gasteiger partial charge < -0.3 is 10.4 Å². The Morgan fingerprint density at radius 2 is 1.68 bits per heavy atom. The van der Waals surface area contributed by atoms with E-state index in [9.17, 15) is 5.11 Å². The van der Waals surface area contributed by atoms with Gasteiger partial charge in [0.1, 0.15) is 0 Å². The summed E-state index contributed by atoms with van der Waals surface area (Å²) in [5, 5.41) is 14.4. The Bertz CT molecular complexity index is 577. The van der Waals surface area contributed by atoms with E-state index >= 15 is 0 Å². The van der Waals surface area contributed by atoms with Gasteiger partial charge in [0.05, 0.1) is 5.60 Å². The summed E-state index contributed by atoms with van der Waals surface area (Å²) in [7, 11) is 0. The maximum Gasteiger partial charge on any atom is 0.0886 e. The normalized spacial score (nSPS) is 15.3. The lowest BCUT2D eigenvalue weighted by Gasteiger charge is -2.27. The molecule has 2 unspecified atom stereocenters. The van der Waals surface area contributed by atoms with Crippen LogP contribution in [0.1, 0.15) is 39.2 Å². The fraction of sp³-hybridized carbons (Fsp3) is 0.400. The van der Waals surface area contributed by atoms with Crippen LogP contribution in [-0.4, -0.2) is 17.7 Å². The Morgan fingerprint density at radius 3 is 2.36 bits per heavy atom. The molecule has 2 nitrogen and oxygen atoms in total. The van der Waals surface area contributed by atoms with Gasteiger partial charge in [0.15, 0.2) is 0 Å². The number of nitrogens with one attached hydrogen (secondary N) is 1. The highest BCUT2D eigenvalue weighted by Gasteiger charge is 2.25. The average molecular weight is 297 g/mol. The van der Waals surface area contributed by atoms with Crippen LogP contribution in [0.25, 0.3) is 11.1 Å². The first-order valence-corrected chi connectivity index (χ1v) is 8.15. The topological polar surface area (TPSA) is 32.3 Å². The molecule has 0 heterocycles. The van der Waals surface area contributed by atoms with E-state index in [-0.39, 0.29) is 0 Å². The number of rotatable bonds is 7. The quantitative estimate of drug-likeness (QED) is 0.797. The molecule has 0 saturated heterocycles. The molecule has 2 N–H and O–H groups in total. The van der Waals surface area contributed by atoms with Crippen LogP contribution in [0.2, 0.25) is 0 Å². The molecule has 0 aliphatic rings. The van der Waals surface area contributed by atoms with Gasteiger partial charge in [0, 0.05) is 6.04 Å². The molecule has 118 valence electrons. The third-order valence-corrected chi connectivity index (χ3v) is 4.31. The molecule has 22 heavy (non-hydrogen) atoms. The van der Waals surface area contributed by atoms with Crippen molar-refractivity contribution in [2.45, 2.75) is 45.3 Å².